The molecular formula is C24H22FNO4S. The normalized spacial score (nSPS) is 11.9. The fourth-order valence-corrected chi connectivity index (χ4v) is 4.48. The van der Waals surface area contributed by atoms with Crippen LogP contribution in [-0.2, 0) is 6.42 Å². The van der Waals surface area contributed by atoms with Gasteiger partial charge in [-0.25, -0.2) is 4.39 Å². The second kappa shape index (κ2) is 8.72. The molecule has 4 N–H and O–H groups in total. The van der Waals surface area contributed by atoms with Crippen molar-refractivity contribution in [3.63, 3.8) is 0 Å². The van der Waals surface area contributed by atoms with Crippen molar-refractivity contribution in [2.24, 2.45) is 5.73 Å². The lowest BCUT2D eigenvalue weighted by Gasteiger charge is -2.24. The zero-order chi connectivity index (χ0) is 22.0. The summed E-state index contributed by atoms with van der Waals surface area (Å²) in [5, 5.41) is 19.9. The van der Waals surface area contributed by atoms with Gasteiger partial charge in [-0.05, 0) is 60.9 Å². The monoisotopic (exact) mass is 439 g/mol. The average Bonchev–Trinajstić information content (AvgIpc) is 2.78. The van der Waals surface area contributed by atoms with Crippen LogP contribution in [0.15, 0.2) is 65.5 Å². The van der Waals surface area contributed by atoms with E-state index in [2.05, 4.69) is 0 Å². The molecule has 1 aromatic heterocycles. The van der Waals surface area contributed by atoms with Gasteiger partial charge in [-0.15, -0.1) is 11.3 Å². The maximum atomic E-state index is 13.4. The van der Waals surface area contributed by atoms with Crippen molar-refractivity contribution in [1.29, 1.82) is 0 Å². The van der Waals surface area contributed by atoms with Crippen molar-refractivity contribution in [2.45, 2.75) is 18.4 Å². The van der Waals surface area contributed by atoms with E-state index in [0.717, 1.165) is 15.0 Å². The standard InChI is InChI=1S/C24H22FNO4S/c25-16-2-1-3-17(11-16)30-18-5-7-21-20(12-18)23(29)19-6-4-15(10-22(19)31-21)8-9-24(26,13-27)14-28/h1-7,10-12,27-28H,8-9,13-14,26H2. The minimum Gasteiger partial charge on any atom is -0.457 e. The van der Waals surface area contributed by atoms with Crippen molar-refractivity contribution in [3.05, 3.63) is 82.3 Å². The number of nitrogens with two attached hydrogens (primary N) is 1. The Bertz CT molecular complexity index is 1300. The van der Waals surface area contributed by atoms with Gasteiger partial charge in [0.15, 0.2) is 5.43 Å². The molecule has 31 heavy (non-hydrogen) atoms. The molecule has 3 aromatic carbocycles. The van der Waals surface area contributed by atoms with Crippen LogP contribution < -0.4 is 15.9 Å². The summed E-state index contributed by atoms with van der Waals surface area (Å²) in [6, 6.07) is 16.7. The topological polar surface area (TPSA) is 92.8 Å². The number of halogens is 1. The predicted molar refractivity (Wildman–Crippen MR) is 121 cm³/mol. The van der Waals surface area contributed by atoms with Gasteiger partial charge < -0.3 is 20.7 Å². The SMILES string of the molecule is NC(CO)(CO)CCc1ccc2c(=O)c3cc(Oc4cccc(F)c4)ccc3sc2c1. The van der Waals surface area contributed by atoms with Gasteiger partial charge in [0.1, 0.15) is 17.3 Å². The zero-order valence-corrected chi connectivity index (χ0v) is 17.5. The molecule has 4 rings (SSSR count). The molecule has 0 saturated carbocycles. The molecule has 5 nitrogen and oxygen atoms in total. The van der Waals surface area contributed by atoms with E-state index in [9.17, 15) is 19.4 Å². The molecule has 0 aliphatic rings. The van der Waals surface area contributed by atoms with Crippen LogP contribution >= 0.6 is 11.3 Å². The van der Waals surface area contributed by atoms with Gasteiger partial charge in [-0.3, -0.25) is 4.79 Å². The Labute approximate surface area is 182 Å². The molecule has 0 aliphatic heterocycles. The van der Waals surface area contributed by atoms with E-state index in [-0.39, 0.29) is 18.6 Å². The molecule has 0 aliphatic carbocycles. The van der Waals surface area contributed by atoms with Gasteiger partial charge >= 0.3 is 0 Å². The fourth-order valence-electron chi connectivity index (χ4n) is 3.36. The Balaban J connectivity index is 1.66. The van der Waals surface area contributed by atoms with E-state index in [1.54, 1.807) is 30.3 Å². The molecule has 7 heteroatoms. The molecule has 0 fully saturated rings. The second-order valence-electron chi connectivity index (χ2n) is 7.66. The van der Waals surface area contributed by atoms with E-state index < -0.39 is 11.4 Å². The Morgan fingerprint density at radius 3 is 2.45 bits per heavy atom. The molecule has 160 valence electrons. The first kappa shape index (κ1) is 21.4. The van der Waals surface area contributed by atoms with Crippen LogP contribution in [0.5, 0.6) is 11.5 Å². The number of ether oxygens (including phenoxy) is 1. The first-order valence-corrected chi connectivity index (χ1v) is 10.7. The van der Waals surface area contributed by atoms with Crippen LogP contribution in [-0.4, -0.2) is 29.0 Å². The quantitative estimate of drug-likeness (QED) is 0.379. The van der Waals surface area contributed by atoms with Gasteiger partial charge in [-0.2, -0.15) is 0 Å². The molecule has 0 unspecified atom stereocenters. The number of hydrogen-bond acceptors (Lipinski definition) is 6. The van der Waals surface area contributed by atoms with Crippen LogP contribution in [0.1, 0.15) is 12.0 Å². The third-order valence-electron chi connectivity index (χ3n) is 5.28. The largest absolute Gasteiger partial charge is 0.457 e. The number of aliphatic hydroxyl groups is 2. The summed E-state index contributed by atoms with van der Waals surface area (Å²) < 4.78 is 20.8. The highest BCUT2D eigenvalue weighted by Gasteiger charge is 2.22. The molecule has 0 bridgehead atoms. The summed E-state index contributed by atoms with van der Waals surface area (Å²) in [4.78, 5) is 13.1. The van der Waals surface area contributed by atoms with Crippen molar-refractivity contribution in [1.82, 2.24) is 0 Å². The fraction of sp³-hybridized carbons (Fsp3) is 0.208. The summed E-state index contributed by atoms with van der Waals surface area (Å²) in [5.74, 6) is 0.435. The van der Waals surface area contributed by atoms with Gasteiger partial charge in [0, 0.05) is 26.2 Å². The number of benzene rings is 3. The van der Waals surface area contributed by atoms with E-state index in [0.29, 0.717) is 35.1 Å². The van der Waals surface area contributed by atoms with Crippen molar-refractivity contribution in [2.75, 3.05) is 13.2 Å². The zero-order valence-electron chi connectivity index (χ0n) is 16.7. The van der Waals surface area contributed by atoms with E-state index in [1.807, 2.05) is 18.2 Å². The Kier molecular flexibility index (Phi) is 6.02. The Hall–Kier alpha value is -2.84. The third kappa shape index (κ3) is 4.60. The van der Waals surface area contributed by atoms with Gasteiger partial charge in [0.2, 0.25) is 0 Å². The first-order valence-electron chi connectivity index (χ1n) is 9.84. The predicted octanol–water partition coefficient (Wildman–Crippen LogP) is 3.96. The van der Waals surface area contributed by atoms with E-state index in [4.69, 9.17) is 10.5 Å². The molecule has 1 heterocycles. The van der Waals surface area contributed by atoms with Crippen molar-refractivity contribution >= 4 is 31.5 Å². The Morgan fingerprint density at radius 1 is 0.935 bits per heavy atom. The minimum atomic E-state index is -1.02. The molecule has 0 spiro atoms. The molecule has 4 aromatic rings. The van der Waals surface area contributed by atoms with Crippen molar-refractivity contribution < 1.29 is 19.3 Å². The summed E-state index contributed by atoms with van der Waals surface area (Å²) in [7, 11) is 0. The summed E-state index contributed by atoms with van der Waals surface area (Å²) in [6.45, 7) is -0.593. The number of aliphatic hydroxyl groups excluding tert-OH is 2. The van der Waals surface area contributed by atoms with Crippen molar-refractivity contribution in [3.8, 4) is 11.5 Å². The van der Waals surface area contributed by atoms with Gasteiger partial charge in [0.25, 0.3) is 0 Å². The highest BCUT2D eigenvalue weighted by molar-refractivity contribution is 7.24. The van der Waals surface area contributed by atoms with Crippen LogP contribution in [0.4, 0.5) is 4.39 Å². The molecule has 0 atom stereocenters. The number of rotatable bonds is 7. The lowest BCUT2D eigenvalue weighted by Crippen LogP contribution is -2.47. The van der Waals surface area contributed by atoms with E-state index in [1.165, 1.54) is 23.5 Å². The van der Waals surface area contributed by atoms with Gasteiger partial charge in [-0.1, -0.05) is 12.1 Å². The van der Waals surface area contributed by atoms with Crippen LogP contribution in [0.3, 0.4) is 0 Å². The lowest BCUT2D eigenvalue weighted by atomic mass is 9.94. The van der Waals surface area contributed by atoms with Crippen LogP contribution in [0.2, 0.25) is 0 Å². The van der Waals surface area contributed by atoms with E-state index >= 15 is 0 Å². The minimum absolute atomic E-state index is 0.0983. The van der Waals surface area contributed by atoms with Crippen LogP contribution in [0.25, 0.3) is 20.2 Å². The second-order valence-corrected chi connectivity index (χ2v) is 8.74. The smallest absolute Gasteiger partial charge is 0.196 e. The van der Waals surface area contributed by atoms with Crippen LogP contribution in [0, 0.1) is 5.82 Å². The summed E-state index contributed by atoms with van der Waals surface area (Å²) >= 11 is 1.50. The first-order chi connectivity index (χ1) is 14.9. The van der Waals surface area contributed by atoms with Gasteiger partial charge in [0.05, 0.1) is 18.8 Å². The number of aryl methyl sites for hydroxylation is 1. The number of fused-ring (bicyclic) bond motifs is 2. The summed E-state index contributed by atoms with van der Waals surface area (Å²) in [5.41, 5.74) is 5.81. The highest BCUT2D eigenvalue weighted by atomic mass is 32.1. The lowest BCUT2D eigenvalue weighted by molar-refractivity contribution is 0.115. The molecule has 0 saturated heterocycles. The maximum absolute atomic E-state index is 13.4. The summed E-state index contributed by atoms with van der Waals surface area (Å²) in [6.07, 6.45) is 1.00. The third-order valence-corrected chi connectivity index (χ3v) is 6.41. The highest BCUT2D eigenvalue weighted by Crippen LogP contribution is 2.30. The molecule has 0 radical (unpaired) electrons. The molecular weight excluding hydrogens is 417 g/mol. The number of hydrogen-bond donors (Lipinski definition) is 3. The Morgan fingerprint density at radius 2 is 1.71 bits per heavy atom. The maximum Gasteiger partial charge on any atom is 0.196 e. The molecule has 0 amide bonds. The average molecular weight is 440 g/mol.